The molecule has 27 heavy (non-hydrogen) atoms. The van der Waals surface area contributed by atoms with Crippen LogP contribution in [0.5, 0.6) is 5.88 Å². The Bertz CT molecular complexity index is 936. The standard InChI is InChI=1S/C20H23ClN2O2S2/c1-5-22(6-2)16-9-7-15(8-10-16)17(21)12-13(3)11-14(4)18-19(24)23(25)20(26)27-18/h7-12,24-25H,4-6H2,1-3H3/b13-11?,17-12-. The monoisotopic (exact) mass is 422 g/mol. The molecular weight excluding hydrogens is 400 g/mol. The predicted molar refractivity (Wildman–Crippen MR) is 119 cm³/mol. The number of aromatic nitrogens is 1. The minimum Gasteiger partial charge on any atom is -0.491 e. The third kappa shape index (κ3) is 5.03. The van der Waals surface area contributed by atoms with Crippen LogP contribution in [0.2, 0.25) is 0 Å². The summed E-state index contributed by atoms with van der Waals surface area (Å²) in [5.74, 6) is -0.305. The normalized spacial score (nSPS) is 12.3. The average Bonchev–Trinajstić information content (AvgIpc) is 2.90. The number of nitrogens with zero attached hydrogens (tertiary/aromatic N) is 2. The molecule has 0 saturated carbocycles. The second kappa shape index (κ2) is 9.26. The highest BCUT2D eigenvalue weighted by molar-refractivity contribution is 7.73. The highest BCUT2D eigenvalue weighted by Gasteiger charge is 2.12. The molecule has 4 nitrogen and oxygen atoms in total. The molecule has 0 aliphatic rings. The molecule has 2 aromatic rings. The van der Waals surface area contributed by atoms with E-state index in [0.717, 1.165) is 35.6 Å². The summed E-state index contributed by atoms with van der Waals surface area (Å²) in [6.45, 7) is 12.0. The Labute approximate surface area is 173 Å². The summed E-state index contributed by atoms with van der Waals surface area (Å²) in [7, 11) is 0. The molecule has 7 heteroatoms. The van der Waals surface area contributed by atoms with Crippen LogP contribution in [0.25, 0.3) is 10.6 Å². The molecule has 0 saturated heterocycles. The van der Waals surface area contributed by atoms with Crippen LogP contribution in [0.4, 0.5) is 5.69 Å². The first-order chi connectivity index (χ1) is 12.8. The molecule has 2 N–H and O–H groups in total. The Morgan fingerprint density at radius 2 is 1.85 bits per heavy atom. The maximum absolute atomic E-state index is 9.89. The zero-order valence-corrected chi connectivity index (χ0v) is 18.0. The van der Waals surface area contributed by atoms with Gasteiger partial charge < -0.3 is 15.2 Å². The summed E-state index contributed by atoms with van der Waals surface area (Å²) in [5, 5.41) is 20.1. The van der Waals surface area contributed by atoms with Crippen molar-refractivity contribution in [2.24, 2.45) is 0 Å². The van der Waals surface area contributed by atoms with Gasteiger partial charge in [0.25, 0.3) is 0 Å². The van der Waals surface area contributed by atoms with Crippen molar-refractivity contribution in [3.8, 4) is 5.88 Å². The van der Waals surface area contributed by atoms with Crippen molar-refractivity contribution < 1.29 is 10.3 Å². The molecule has 0 amide bonds. The number of benzene rings is 1. The fourth-order valence-electron chi connectivity index (χ4n) is 2.65. The minimum absolute atomic E-state index is 0.163. The van der Waals surface area contributed by atoms with Crippen molar-refractivity contribution >= 4 is 51.4 Å². The number of halogens is 1. The van der Waals surface area contributed by atoms with Gasteiger partial charge in [0.2, 0.25) is 9.83 Å². The average molecular weight is 423 g/mol. The molecule has 0 unspecified atom stereocenters. The molecular formula is C20H23ClN2O2S2. The van der Waals surface area contributed by atoms with E-state index in [0.29, 0.717) is 20.2 Å². The van der Waals surface area contributed by atoms with Gasteiger partial charge in [0.1, 0.15) is 0 Å². The quantitative estimate of drug-likeness (QED) is 0.312. The topological polar surface area (TPSA) is 48.6 Å². The van der Waals surface area contributed by atoms with Crippen molar-refractivity contribution in [2.75, 3.05) is 18.0 Å². The lowest BCUT2D eigenvalue weighted by atomic mass is 10.1. The van der Waals surface area contributed by atoms with E-state index >= 15 is 0 Å². The van der Waals surface area contributed by atoms with Gasteiger partial charge in [-0.15, -0.1) is 4.73 Å². The van der Waals surface area contributed by atoms with E-state index in [-0.39, 0.29) is 9.83 Å². The summed E-state index contributed by atoms with van der Waals surface area (Å²) >= 11 is 12.5. The molecule has 0 radical (unpaired) electrons. The minimum atomic E-state index is -0.305. The van der Waals surface area contributed by atoms with Crippen LogP contribution in [0.3, 0.4) is 0 Å². The number of aromatic hydroxyl groups is 1. The maximum atomic E-state index is 9.89. The highest BCUT2D eigenvalue weighted by atomic mass is 35.5. The third-order valence-electron chi connectivity index (χ3n) is 4.09. The van der Waals surface area contributed by atoms with Crippen molar-refractivity contribution in [3.63, 3.8) is 0 Å². The summed E-state index contributed by atoms with van der Waals surface area (Å²) in [6, 6.07) is 8.12. The van der Waals surface area contributed by atoms with Gasteiger partial charge in [-0.3, -0.25) is 0 Å². The number of rotatable bonds is 7. The first kappa shape index (κ1) is 21.3. The van der Waals surface area contributed by atoms with Gasteiger partial charge in [0, 0.05) is 23.8 Å². The van der Waals surface area contributed by atoms with Crippen LogP contribution in [-0.2, 0) is 0 Å². The molecule has 2 rings (SSSR count). The third-order valence-corrected chi connectivity index (χ3v) is 5.83. The number of thiazole rings is 1. The van der Waals surface area contributed by atoms with Gasteiger partial charge in [-0.25, -0.2) is 0 Å². The zero-order valence-electron chi connectivity index (χ0n) is 15.6. The van der Waals surface area contributed by atoms with E-state index in [1.807, 2.05) is 25.1 Å². The first-order valence-corrected chi connectivity index (χ1v) is 10.1. The highest BCUT2D eigenvalue weighted by Crippen LogP contribution is 2.32. The summed E-state index contributed by atoms with van der Waals surface area (Å²) < 4.78 is 0.737. The Morgan fingerprint density at radius 1 is 1.26 bits per heavy atom. The Morgan fingerprint density at radius 3 is 2.33 bits per heavy atom. The van der Waals surface area contributed by atoms with Gasteiger partial charge in [-0.1, -0.05) is 47.7 Å². The van der Waals surface area contributed by atoms with Crippen molar-refractivity contribution in [1.82, 2.24) is 4.73 Å². The number of hydrogen-bond acceptors (Lipinski definition) is 5. The predicted octanol–water partition coefficient (Wildman–Crippen LogP) is 6.31. The van der Waals surface area contributed by atoms with Gasteiger partial charge in [-0.2, -0.15) is 0 Å². The lowest BCUT2D eigenvalue weighted by molar-refractivity contribution is 0.153. The molecule has 144 valence electrons. The van der Waals surface area contributed by atoms with Gasteiger partial charge in [0.05, 0.1) is 4.88 Å². The Hall–Kier alpha value is -2.02. The molecule has 0 bridgehead atoms. The maximum Gasteiger partial charge on any atom is 0.245 e. The van der Waals surface area contributed by atoms with Gasteiger partial charge in [0.15, 0.2) is 0 Å². The fraction of sp³-hybridized carbons (Fsp3) is 0.250. The number of hydrogen-bond donors (Lipinski definition) is 2. The lowest BCUT2D eigenvalue weighted by Gasteiger charge is -2.21. The van der Waals surface area contributed by atoms with Crippen LogP contribution < -0.4 is 4.90 Å². The second-order valence-electron chi connectivity index (χ2n) is 5.96. The molecule has 0 atom stereocenters. The second-order valence-corrected chi connectivity index (χ2v) is 8.01. The van der Waals surface area contributed by atoms with Crippen molar-refractivity contribution in [2.45, 2.75) is 20.8 Å². The van der Waals surface area contributed by atoms with Crippen LogP contribution in [-0.4, -0.2) is 28.1 Å². The van der Waals surface area contributed by atoms with E-state index < -0.39 is 0 Å². The lowest BCUT2D eigenvalue weighted by Crippen LogP contribution is -2.21. The van der Waals surface area contributed by atoms with Crippen molar-refractivity contribution in [1.29, 1.82) is 0 Å². The summed E-state index contributed by atoms with van der Waals surface area (Å²) in [5.41, 5.74) is 3.50. The van der Waals surface area contributed by atoms with E-state index in [9.17, 15) is 10.3 Å². The van der Waals surface area contributed by atoms with E-state index in [2.05, 4.69) is 37.5 Å². The molecule has 0 aliphatic heterocycles. The van der Waals surface area contributed by atoms with E-state index in [4.69, 9.17) is 23.8 Å². The zero-order chi connectivity index (χ0) is 20.1. The van der Waals surface area contributed by atoms with Crippen LogP contribution in [0, 0.1) is 3.95 Å². The smallest absolute Gasteiger partial charge is 0.245 e. The number of anilines is 1. The Kier molecular flexibility index (Phi) is 7.30. The molecule has 0 fully saturated rings. The SMILES string of the molecule is C=C(C=C(C)/C=C(\Cl)c1ccc(N(CC)CC)cc1)c1sc(=S)n(O)c1O. The summed E-state index contributed by atoms with van der Waals surface area (Å²) in [4.78, 5) is 2.69. The number of allylic oxidation sites excluding steroid dienone is 4. The molecule has 1 aromatic carbocycles. The van der Waals surface area contributed by atoms with Gasteiger partial charge >= 0.3 is 0 Å². The van der Waals surface area contributed by atoms with E-state index in [1.165, 1.54) is 5.69 Å². The van der Waals surface area contributed by atoms with E-state index in [1.54, 1.807) is 6.08 Å². The molecule has 1 heterocycles. The first-order valence-electron chi connectivity index (χ1n) is 8.52. The summed E-state index contributed by atoms with van der Waals surface area (Å²) in [6.07, 6.45) is 3.62. The van der Waals surface area contributed by atoms with Crippen LogP contribution in [0.1, 0.15) is 31.2 Å². The van der Waals surface area contributed by atoms with Gasteiger partial charge in [-0.05, 0) is 67.9 Å². The molecule has 0 aliphatic carbocycles. The van der Waals surface area contributed by atoms with Crippen molar-refractivity contribution in [3.05, 3.63) is 63.0 Å². The van der Waals surface area contributed by atoms with Crippen LogP contribution in [0.15, 0.2) is 48.6 Å². The molecule has 0 spiro atoms. The fourth-order valence-corrected chi connectivity index (χ4v) is 4.00. The Balaban J connectivity index is 2.21. The van der Waals surface area contributed by atoms with Crippen LogP contribution >= 0.6 is 35.2 Å². The largest absolute Gasteiger partial charge is 0.491 e. The molecule has 1 aromatic heterocycles.